The van der Waals surface area contributed by atoms with Crippen LogP contribution in [0.2, 0.25) is 0 Å². The molecule has 0 aliphatic carbocycles. The summed E-state index contributed by atoms with van der Waals surface area (Å²) in [6.45, 7) is 8.70. The van der Waals surface area contributed by atoms with Crippen molar-refractivity contribution in [1.82, 2.24) is 9.80 Å². The summed E-state index contributed by atoms with van der Waals surface area (Å²) >= 11 is 0. The fourth-order valence-electron chi connectivity index (χ4n) is 2.21. The standard InChI is InChI=1S/C14H27N3O2/c1-4-13(18)16-6-5-7-17(9-8-16)14(19)10-12(15)11(2)3/h11-12H,4-10,15H2,1-3H3. The molecule has 0 aromatic rings. The van der Waals surface area contributed by atoms with E-state index >= 15 is 0 Å². The van der Waals surface area contributed by atoms with Gasteiger partial charge in [-0.15, -0.1) is 0 Å². The fourth-order valence-corrected chi connectivity index (χ4v) is 2.21. The number of nitrogens with two attached hydrogens (primary N) is 1. The van der Waals surface area contributed by atoms with E-state index in [1.54, 1.807) is 0 Å². The van der Waals surface area contributed by atoms with Gasteiger partial charge < -0.3 is 15.5 Å². The number of rotatable bonds is 4. The molecule has 2 N–H and O–H groups in total. The summed E-state index contributed by atoms with van der Waals surface area (Å²) in [5.41, 5.74) is 5.95. The normalized spacial score (nSPS) is 18.4. The second-order valence-electron chi connectivity index (χ2n) is 5.58. The number of carbonyl (C=O) groups excluding carboxylic acids is 2. The lowest BCUT2D eigenvalue weighted by molar-refractivity contribution is -0.133. The Morgan fingerprint density at radius 1 is 1.05 bits per heavy atom. The second-order valence-corrected chi connectivity index (χ2v) is 5.58. The zero-order chi connectivity index (χ0) is 14.4. The van der Waals surface area contributed by atoms with Gasteiger partial charge in [-0.05, 0) is 12.3 Å². The Kier molecular flexibility index (Phi) is 6.28. The van der Waals surface area contributed by atoms with Gasteiger partial charge in [-0.2, -0.15) is 0 Å². The van der Waals surface area contributed by atoms with Crippen LogP contribution in [-0.2, 0) is 9.59 Å². The van der Waals surface area contributed by atoms with E-state index in [-0.39, 0.29) is 17.9 Å². The van der Waals surface area contributed by atoms with E-state index in [1.807, 2.05) is 30.6 Å². The van der Waals surface area contributed by atoms with Crippen LogP contribution < -0.4 is 5.73 Å². The van der Waals surface area contributed by atoms with Crippen LogP contribution in [0.3, 0.4) is 0 Å². The van der Waals surface area contributed by atoms with Crippen molar-refractivity contribution in [2.45, 2.75) is 46.1 Å². The van der Waals surface area contributed by atoms with Gasteiger partial charge in [0.2, 0.25) is 11.8 Å². The summed E-state index contributed by atoms with van der Waals surface area (Å²) in [7, 11) is 0. The predicted molar refractivity (Wildman–Crippen MR) is 75.5 cm³/mol. The molecule has 0 aromatic heterocycles. The number of carbonyl (C=O) groups is 2. The lowest BCUT2D eigenvalue weighted by Crippen LogP contribution is -2.40. The van der Waals surface area contributed by atoms with Gasteiger partial charge in [-0.3, -0.25) is 9.59 Å². The molecule has 0 bridgehead atoms. The predicted octanol–water partition coefficient (Wildman–Crippen LogP) is 0.831. The van der Waals surface area contributed by atoms with Crippen molar-refractivity contribution in [3.63, 3.8) is 0 Å². The molecule has 1 fully saturated rings. The van der Waals surface area contributed by atoms with Crippen LogP contribution >= 0.6 is 0 Å². The lowest BCUT2D eigenvalue weighted by atomic mass is 10.0. The Morgan fingerprint density at radius 3 is 2.05 bits per heavy atom. The molecule has 1 unspecified atom stereocenters. The van der Waals surface area contributed by atoms with E-state index in [1.165, 1.54) is 0 Å². The molecule has 1 atom stereocenters. The van der Waals surface area contributed by atoms with Crippen molar-refractivity contribution in [2.24, 2.45) is 11.7 Å². The Balaban J connectivity index is 2.48. The topological polar surface area (TPSA) is 66.6 Å². The van der Waals surface area contributed by atoms with Crippen LogP contribution in [0.5, 0.6) is 0 Å². The Labute approximate surface area is 116 Å². The summed E-state index contributed by atoms with van der Waals surface area (Å²) in [6.07, 6.45) is 1.79. The van der Waals surface area contributed by atoms with E-state index in [4.69, 9.17) is 5.73 Å². The maximum Gasteiger partial charge on any atom is 0.224 e. The molecule has 0 spiro atoms. The Morgan fingerprint density at radius 2 is 1.58 bits per heavy atom. The molecule has 1 saturated heterocycles. The van der Waals surface area contributed by atoms with Gasteiger partial charge in [0.25, 0.3) is 0 Å². The van der Waals surface area contributed by atoms with Crippen molar-refractivity contribution in [1.29, 1.82) is 0 Å². The number of amides is 2. The van der Waals surface area contributed by atoms with E-state index in [0.717, 1.165) is 19.5 Å². The highest BCUT2D eigenvalue weighted by molar-refractivity contribution is 5.78. The highest BCUT2D eigenvalue weighted by atomic mass is 16.2. The zero-order valence-electron chi connectivity index (χ0n) is 12.4. The molecule has 5 nitrogen and oxygen atoms in total. The van der Waals surface area contributed by atoms with Gasteiger partial charge in [0.1, 0.15) is 0 Å². The molecule has 0 saturated carbocycles. The van der Waals surface area contributed by atoms with Gasteiger partial charge in [-0.1, -0.05) is 20.8 Å². The summed E-state index contributed by atoms with van der Waals surface area (Å²) < 4.78 is 0. The molecule has 2 amide bonds. The summed E-state index contributed by atoms with van der Waals surface area (Å²) in [4.78, 5) is 27.5. The van der Waals surface area contributed by atoms with Gasteiger partial charge in [-0.25, -0.2) is 0 Å². The Hall–Kier alpha value is -1.10. The minimum Gasteiger partial charge on any atom is -0.341 e. The maximum absolute atomic E-state index is 12.2. The zero-order valence-corrected chi connectivity index (χ0v) is 12.4. The number of hydrogen-bond acceptors (Lipinski definition) is 3. The molecule has 1 aliphatic heterocycles. The molecule has 19 heavy (non-hydrogen) atoms. The summed E-state index contributed by atoms with van der Waals surface area (Å²) in [6, 6.07) is -0.0795. The highest BCUT2D eigenvalue weighted by Crippen LogP contribution is 2.09. The van der Waals surface area contributed by atoms with Crippen LogP contribution in [0.15, 0.2) is 0 Å². The van der Waals surface area contributed by atoms with Crippen molar-refractivity contribution < 1.29 is 9.59 Å². The largest absolute Gasteiger partial charge is 0.341 e. The van der Waals surface area contributed by atoms with Crippen LogP contribution in [0.4, 0.5) is 0 Å². The monoisotopic (exact) mass is 269 g/mol. The van der Waals surface area contributed by atoms with Crippen molar-refractivity contribution in [3.8, 4) is 0 Å². The van der Waals surface area contributed by atoms with Gasteiger partial charge in [0.15, 0.2) is 0 Å². The molecule has 1 aliphatic rings. The van der Waals surface area contributed by atoms with Crippen LogP contribution in [-0.4, -0.2) is 53.8 Å². The average Bonchev–Trinajstić information content (AvgIpc) is 2.63. The van der Waals surface area contributed by atoms with Crippen LogP contribution in [0.1, 0.15) is 40.0 Å². The third kappa shape index (κ3) is 4.82. The van der Waals surface area contributed by atoms with Gasteiger partial charge in [0, 0.05) is 45.1 Å². The molecule has 0 radical (unpaired) electrons. The minimum atomic E-state index is -0.0795. The molecular formula is C14H27N3O2. The first-order valence-corrected chi connectivity index (χ1v) is 7.26. The smallest absolute Gasteiger partial charge is 0.224 e. The van der Waals surface area contributed by atoms with Crippen molar-refractivity contribution >= 4 is 11.8 Å². The fraction of sp³-hybridized carbons (Fsp3) is 0.857. The second kappa shape index (κ2) is 7.48. The quantitative estimate of drug-likeness (QED) is 0.822. The third-order valence-electron chi connectivity index (χ3n) is 3.77. The molecule has 1 rings (SSSR count). The van der Waals surface area contributed by atoms with Crippen LogP contribution in [0, 0.1) is 5.92 Å². The molecule has 1 heterocycles. The van der Waals surface area contributed by atoms with E-state index in [2.05, 4.69) is 0 Å². The lowest BCUT2D eigenvalue weighted by Gasteiger charge is -2.24. The van der Waals surface area contributed by atoms with E-state index < -0.39 is 0 Å². The maximum atomic E-state index is 12.2. The summed E-state index contributed by atoms with van der Waals surface area (Å²) in [5.74, 6) is 0.606. The first-order valence-electron chi connectivity index (χ1n) is 7.26. The minimum absolute atomic E-state index is 0.0795. The third-order valence-corrected chi connectivity index (χ3v) is 3.77. The van der Waals surface area contributed by atoms with Crippen molar-refractivity contribution in [2.75, 3.05) is 26.2 Å². The SMILES string of the molecule is CCC(=O)N1CCCN(C(=O)CC(N)C(C)C)CC1. The van der Waals surface area contributed by atoms with E-state index in [9.17, 15) is 9.59 Å². The van der Waals surface area contributed by atoms with E-state index in [0.29, 0.717) is 31.8 Å². The molecule has 0 aromatic carbocycles. The highest BCUT2D eigenvalue weighted by Gasteiger charge is 2.23. The first-order chi connectivity index (χ1) is 8.95. The average molecular weight is 269 g/mol. The number of hydrogen-bond donors (Lipinski definition) is 1. The summed E-state index contributed by atoms with van der Waals surface area (Å²) in [5, 5.41) is 0. The molecular weight excluding hydrogens is 242 g/mol. The molecule has 110 valence electrons. The van der Waals surface area contributed by atoms with Gasteiger partial charge in [0.05, 0.1) is 0 Å². The Bertz CT molecular complexity index is 318. The first kappa shape index (κ1) is 16.0. The molecule has 5 heteroatoms. The van der Waals surface area contributed by atoms with Crippen LogP contribution in [0.25, 0.3) is 0 Å². The number of nitrogens with zero attached hydrogens (tertiary/aromatic N) is 2. The van der Waals surface area contributed by atoms with Gasteiger partial charge >= 0.3 is 0 Å². The van der Waals surface area contributed by atoms with Crippen molar-refractivity contribution in [3.05, 3.63) is 0 Å².